The van der Waals surface area contributed by atoms with Gasteiger partial charge in [-0.3, -0.25) is 4.99 Å². The van der Waals surface area contributed by atoms with Crippen molar-refractivity contribution in [3.8, 4) is 0 Å². The van der Waals surface area contributed by atoms with Crippen molar-refractivity contribution in [1.82, 2.24) is 15.2 Å². The minimum absolute atomic E-state index is 0. The van der Waals surface area contributed by atoms with Crippen LogP contribution in [0.4, 0.5) is 0 Å². The summed E-state index contributed by atoms with van der Waals surface area (Å²) < 4.78 is 1.86. The molecule has 0 fully saturated rings. The fraction of sp³-hybridized carbons (Fsp3) is 0.438. The summed E-state index contributed by atoms with van der Waals surface area (Å²) in [5.74, 6) is 0.753. The van der Waals surface area contributed by atoms with Gasteiger partial charge in [-0.2, -0.15) is 0 Å². The number of thiophene rings is 1. The molecule has 2 aromatic rings. The molecule has 0 amide bonds. The molecule has 0 aliphatic heterocycles. The van der Waals surface area contributed by atoms with Crippen LogP contribution in [0.1, 0.15) is 24.4 Å². The van der Waals surface area contributed by atoms with Crippen molar-refractivity contribution >= 4 is 64.5 Å². The molecule has 2 N–H and O–H groups in total. The normalized spacial score (nSPS) is 12.0. The highest BCUT2D eigenvalue weighted by molar-refractivity contribution is 14.0. The largest absolute Gasteiger partial charge is 0.356 e. The molecule has 24 heavy (non-hydrogen) atoms. The highest BCUT2D eigenvalue weighted by Gasteiger charge is 2.22. The van der Waals surface area contributed by atoms with E-state index < -0.39 is 0 Å². The van der Waals surface area contributed by atoms with E-state index in [1.165, 1.54) is 4.88 Å². The molecule has 0 aromatic carbocycles. The number of nitrogens with zero attached hydrogens (tertiary/aromatic N) is 2. The third kappa shape index (κ3) is 5.28. The summed E-state index contributed by atoms with van der Waals surface area (Å²) in [4.78, 5) is 5.62. The van der Waals surface area contributed by atoms with Gasteiger partial charge in [-0.1, -0.05) is 43.1 Å². The summed E-state index contributed by atoms with van der Waals surface area (Å²) in [6.07, 6.45) is 0. The predicted molar refractivity (Wildman–Crippen MR) is 116 cm³/mol. The lowest BCUT2D eigenvalue weighted by molar-refractivity contribution is 0.518. The molecule has 0 atom stereocenters. The van der Waals surface area contributed by atoms with Gasteiger partial charge in [-0.15, -0.1) is 35.3 Å². The fourth-order valence-corrected chi connectivity index (χ4v) is 3.48. The number of hydrogen-bond donors (Lipinski definition) is 2. The SMILES string of the molecule is CN=C(NCc1cc(Cl)c(Cl)n1C)NCC(C)(C)c1cccs1.I. The summed E-state index contributed by atoms with van der Waals surface area (Å²) >= 11 is 13.9. The van der Waals surface area contributed by atoms with E-state index in [-0.39, 0.29) is 29.4 Å². The topological polar surface area (TPSA) is 41.4 Å². The van der Waals surface area contributed by atoms with E-state index in [0.717, 1.165) is 18.2 Å². The highest BCUT2D eigenvalue weighted by atomic mass is 127. The molecule has 0 spiro atoms. The van der Waals surface area contributed by atoms with Crippen LogP contribution in [-0.4, -0.2) is 24.1 Å². The first-order valence-corrected chi connectivity index (χ1v) is 8.97. The van der Waals surface area contributed by atoms with Crippen molar-refractivity contribution < 1.29 is 0 Å². The molecule has 0 bridgehead atoms. The van der Waals surface area contributed by atoms with Gasteiger partial charge < -0.3 is 15.2 Å². The van der Waals surface area contributed by atoms with Gasteiger partial charge >= 0.3 is 0 Å². The van der Waals surface area contributed by atoms with Crippen molar-refractivity contribution in [2.45, 2.75) is 25.8 Å². The van der Waals surface area contributed by atoms with Crippen LogP contribution in [0, 0.1) is 0 Å². The molecular weight excluding hydrogens is 478 g/mol. The Hall–Kier alpha value is -0.440. The van der Waals surface area contributed by atoms with Crippen molar-refractivity contribution in [3.63, 3.8) is 0 Å². The summed E-state index contributed by atoms with van der Waals surface area (Å²) in [5, 5.41) is 9.88. The van der Waals surface area contributed by atoms with Crippen LogP contribution in [-0.2, 0) is 19.0 Å². The number of rotatable bonds is 5. The van der Waals surface area contributed by atoms with Gasteiger partial charge in [0, 0.05) is 36.6 Å². The summed E-state index contributed by atoms with van der Waals surface area (Å²) in [7, 11) is 3.65. The maximum Gasteiger partial charge on any atom is 0.191 e. The summed E-state index contributed by atoms with van der Waals surface area (Å²) in [6.45, 7) is 5.83. The second-order valence-corrected chi connectivity index (χ2v) is 7.69. The maximum atomic E-state index is 6.08. The number of guanidine groups is 1. The second kappa shape index (κ2) is 9.31. The van der Waals surface area contributed by atoms with Gasteiger partial charge in [0.05, 0.1) is 11.6 Å². The van der Waals surface area contributed by atoms with Gasteiger partial charge in [0.25, 0.3) is 0 Å². The minimum atomic E-state index is 0. The molecule has 0 aliphatic carbocycles. The quantitative estimate of drug-likeness (QED) is 0.356. The Balaban J connectivity index is 0.00000288. The lowest BCUT2D eigenvalue weighted by Crippen LogP contribution is -2.43. The third-order valence-corrected chi connectivity index (χ3v) is 5.84. The monoisotopic (exact) mass is 500 g/mol. The van der Waals surface area contributed by atoms with Gasteiger partial charge in [0.2, 0.25) is 0 Å². The Morgan fingerprint density at radius 1 is 1.33 bits per heavy atom. The molecule has 0 unspecified atom stereocenters. The van der Waals surface area contributed by atoms with E-state index in [0.29, 0.717) is 16.7 Å². The molecule has 2 aromatic heterocycles. The third-order valence-electron chi connectivity index (χ3n) is 3.76. The van der Waals surface area contributed by atoms with Gasteiger partial charge in [0.15, 0.2) is 5.96 Å². The first-order valence-electron chi connectivity index (χ1n) is 7.33. The number of hydrogen-bond acceptors (Lipinski definition) is 2. The summed E-state index contributed by atoms with van der Waals surface area (Å²) in [6, 6.07) is 6.11. The van der Waals surface area contributed by atoms with Crippen molar-refractivity contribution in [1.29, 1.82) is 0 Å². The molecule has 4 nitrogen and oxygen atoms in total. The molecule has 0 saturated heterocycles. The van der Waals surface area contributed by atoms with Crippen LogP contribution in [0.25, 0.3) is 0 Å². The van der Waals surface area contributed by atoms with Gasteiger partial charge in [-0.25, -0.2) is 0 Å². The number of aliphatic imine (C=N–C) groups is 1. The van der Waals surface area contributed by atoms with E-state index >= 15 is 0 Å². The lowest BCUT2D eigenvalue weighted by atomic mass is 9.91. The fourth-order valence-electron chi connectivity index (χ4n) is 2.21. The van der Waals surface area contributed by atoms with Gasteiger partial charge in [-0.05, 0) is 17.5 Å². The molecule has 134 valence electrons. The highest BCUT2D eigenvalue weighted by Crippen LogP contribution is 2.27. The van der Waals surface area contributed by atoms with Crippen LogP contribution in [0.15, 0.2) is 28.6 Å². The van der Waals surface area contributed by atoms with Gasteiger partial charge in [0.1, 0.15) is 5.15 Å². The average Bonchev–Trinajstić information content (AvgIpc) is 3.14. The Labute approximate surface area is 174 Å². The molecule has 0 saturated carbocycles. The molecule has 2 heterocycles. The molecule has 2 rings (SSSR count). The Bertz CT molecular complexity index is 681. The van der Waals surface area contributed by atoms with Crippen molar-refractivity contribution in [3.05, 3.63) is 44.3 Å². The van der Waals surface area contributed by atoms with Crippen LogP contribution in [0.5, 0.6) is 0 Å². The summed E-state index contributed by atoms with van der Waals surface area (Å²) in [5.41, 5.74) is 1.05. The zero-order chi connectivity index (χ0) is 17.0. The van der Waals surface area contributed by atoms with Crippen LogP contribution in [0.3, 0.4) is 0 Å². The van der Waals surface area contributed by atoms with Crippen LogP contribution >= 0.6 is 58.5 Å². The number of aromatic nitrogens is 1. The predicted octanol–water partition coefficient (Wildman–Crippen LogP) is 4.65. The standard InChI is InChI=1S/C16H22Cl2N4S.HI/c1-16(2,13-6-5-7-23-13)10-21-15(19-3)20-9-11-8-12(17)14(18)22(11)4;/h5-8H,9-10H2,1-4H3,(H2,19,20,21);1H. The van der Waals surface area contributed by atoms with E-state index in [1.54, 1.807) is 18.4 Å². The Kier molecular flexibility index (Phi) is 8.38. The smallest absolute Gasteiger partial charge is 0.191 e. The Morgan fingerprint density at radius 2 is 2.04 bits per heavy atom. The van der Waals surface area contributed by atoms with E-state index in [9.17, 15) is 0 Å². The van der Waals surface area contributed by atoms with Crippen molar-refractivity contribution in [2.24, 2.45) is 12.0 Å². The van der Waals surface area contributed by atoms with Crippen LogP contribution in [0.2, 0.25) is 10.2 Å². The van der Waals surface area contributed by atoms with E-state index in [4.69, 9.17) is 23.2 Å². The Morgan fingerprint density at radius 3 is 2.54 bits per heavy atom. The van der Waals surface area contributed by atoms with Crippen molar-refractivity contribution in [2.75, 3.05) is 13.6 Å². The first-order chi connectivity index (χ1) is 10.8. The lowest BCUT2D eigenvalue weighted by Gasteiger charge is -2.25. The average molecular weight is 501 g/mol. The molecule has 0 radical (unpaired) electrons. The van der Waals surface area contributed by atoms with Crippen LogP contribution < -0.4 is 10.6 Å². The zero-order valence-corrected chi connectivity index (χ0v) is 18.8. The number of halogens is 3. The number of nitrogens with one attached hydrogen (secondary N) is 2. The molecule has 0 aliphatic rings. The first kappa shape index (κ1) is 21.6. The zero-order valence-electron chi connectivity index (χ0n) is 14.2. The molecular formula is C16H23Cl2IN4S. The van der Waals surface area contributed by atoms with E-state index in [1.807, 2.05) is 17.7 Å². The second-order valence-electron chi connectivity index (χ2n) is 5.97. The minimum Gasteiger partial charge on any atom is -0.356 e. The molecule has 8 heteroatoms. The van der Waals surface area contributed by atoms with E-state index in [2.05, 4.69) is 47.0 Å². The maximum absolute atomic E-state index is 6.08.